The van der Waals surface area contributed by atoms with Crippen molar-refractivity contribution in [2.24, 2.45) is 10.9 Å². The number of ether oxygens (including phenoxy) is 1. The van der Waals surface area contributed by atoms with Crippen molar-refractivity contribution in [2.45, 2.75) is 38.2 Å². The molecule has 0 amide bonds. The number of hydrogen-bond donors (Lipinski definition) is 1. The van der Waals surface area contributed by atoms with Crippen LogP contribution in [-0.4, -0.2) is 18.2 Å². The van der Waals surface area contributed by atoms with Crippen molar-refractivity contribution in [2.75, 3.05) is 11.9 Å². The van der Waals surface area contributed by atoms with E-state index in [0.717, 1.165) is 31.0 Å². The Kier molecular flexibility index (Phi) is 2.98. The number of aliphatic imine (C=N–C) groups is 1. The summed E-state index contributed by atoms with van der Waals surface area (Å²) < 4.78 is 6.10. The number of hydrogen-bond acceptors (Lipinski definition) is 3. The molecule has 96 valence electrons. The van der Waals surface area contributed by atoms with Gasteiger partial charge in [-0.1, -0.05) is 31.5 Å². The molecule has 0 radical (unpaired) electrons. The molecule has 1 N–H and O–H groups in total. The van der Waals surface area contributed by atoms with Gasteiger partial charge in [0.15, 0.2) is 0 Å². The lowest BCUT2D eigenvalue weighted by molar-refractivity contribution is 0.0271. The summed E-state index contributed by atoms with van der Waals surface area (Å²) in [6.45, 7) is 3.12. The van der Waals surface area contributed by atoms with Gasteiger partial charge in [0, 0.05) is 5.69 Å². The molecule has 1 aromatic rings. The van der Waals surface area contributed by atoms with Crippen molar-refractivity contribution in [1.82, 2.24) is 0 Å². The van der Waals surface area contributed by atoms with Crippen LogP contribution in [0, 0.1) is 5.92 Å². The normalized spacial score (nSPS) is 30.9. The third kappa shape index (κ3) is 2.35. The summed E-state index contributed by atoms with van der Waals surface area (Å²) in [4.78, 5) is 4.53. The Balaban J connectivity index is 1.64. The second kappa shape index (κ2) is 4.63. The molecule has 1 saturated carbocycles. The van der Waals surface area contributed by atoms with E-state index in [1.165, 1.54) is 12.8 Å². The standard InChI is InChI=1S/C15H20N2O/c1-12-6-5-9-15(10-12)11-16-14(18-15)17-13-7-3-2-4-8-13/h2-4,7-8,12H,5-6,9-11H2,1H3,(H,16,17)/t12-,15-/m0/s1. The highest BCUT2D eigenvalue weighted by Gasteiger charge is 2.41. The molecule has 3 heteroatoms. The van der Waals surface area contributed by atoms with Crippen molar-refractivity contribution in [3.63, 3.8) is 0 Å². The first-order valence-electron chi connectivity index (χ1n) is 6.81. The number of anilines is 1. The molecular weight excluding hydrogens is 224 g/mol. The van der Waals surface area contributed by atoms with Crippen LogP contribution < -0.4 is 5.32 Å². The second-order valence-corrected chi connectivity index (χ2v) is 5.60. The minimum absolute atomic E-state index is 0.0191. The monoisotopic (exact) mass is 244 g/mol. The van der Waals surface area contributed by atoms with E-state index >= 15 is 0 Å². The zero-order valence-electron chi connectivity index (χ0n) is 10.9. The van der Waals surface area contributed by atoms with E-state index < -0.39 is 0 Å². The van der Waals surface area contributed by atoms with Crippen molar-refractivity contribution in [1.29, 1.82) is 0 Å². The maximum atomic E-state index is 6.10. The maximum Gasteiger partial charge on any atom is 0.289 e. The number of rotatable bonds is 1. The Hall–Kier alpha value is -1.51. The lowest BCUT2D eigenvalue weighted by Gasteiger charge is -2.35. The number of nitrogens with zero attached hydrogens (tertiary/aromatic N) is 1. The summed E-state index contributed by atoms with van der Waals surface area (Å²) in [7, 11) is 0. The van der Waals surface area contributed by atoms with Crippen molar-refractivity contribution < 1.29 is 4.74 Å². The third-order valence-electron chi connectivity index (χ3n) is 3.90. The van der Waals surface area contributed by atoms with Crippen LogP contribution in [0.2, 0.25) is 0 Å². The molecule has 2 aliphatic rings. The zero-order valence-corrected chi connectivity index (χ0v) is 10.9. The van der Waals surface area contributed by atoms with Gasteiger partial charge in [-0.15, -0.1) is 0 Å². The average molecular weight is 244 g/mol. The maximum absolute atomic E-state index is 6.10. The Morgan fingerprint density at radius 1 is 1.33 bits per heavy atom. The number of benzene rings is 1. The van der Waals surface area contributed by atoms with Crippen molar-refractivity contribution in [3.05, 3.63) is 30.3 Å². The molecule has 1 heterocycles. The highest BCUT2D eigenvalue weighted by atomic mass is 16.5. The molecule has 1 aromatic carbocycles. The molecule has 18 heavy (non-hydrogen) atoms. The molecule has 2 atom stereocenters. The van der Waals surface area contributed by atoms with Gasteiger partial charge in [0.2, 0.25) is 0 Å². The van der Waals surface area contributed by atoms with E-state index in [1.54, 1.807) is 0 Å². The molecule has 1 aliphatic heterocycles. The molecule has 0 aromatic heterocycles. The molecule has 1 spiro atoms. The first-order chi connectivity index (χ1) is 8.76. The highest BCUT2D eigenvalue weighted by Crippen LogP contribution is 2.38. The lowest BCUT2D eigenvalue weighted by atomic mass is 9.79. The number of nitrogens with one attached hydrogen (secondary N) is 1. The first kappa shape index (κ1) is 11.6. The molecule has 3 rings (SSSR count). The van der Waals surface area contributed by atoms with Gasteiger partial charge in [-0.3, -0.25) is 0 Å². The van der Waals surface area contributed by atoms with Gasteiger partial charge in [-0.25, -0.2) is 4.99 Å². The Bertz CT molecular complexity index is 443. The average Bonchev–Trinajstić information content (AvgIpc) is 2.73. The lowest BCUT2D eigenvalue weighted by Crippen LogP contribution is -2.39. The van der Waals surface area contributed by atoms with Gasteiger partial charge in [-0.2, -0.15) is 0 Å². The van der Waals surface area contributed by atoms with Gasteiger partial charge in [-0.05, 0) is 37.3 Å². The van der Waals surface area contributed by atoms with E-state index in [0.29, 0.717) is 6.02 Å². The quantitative estimate of drug-likeness (QED) is 0.821. The summed E-state index contributed by atoms with van der Waals surface area (Å²) >= 11 is 0. The van der Waals surface area contributed by atoms with E-state index in [4.69, 9.17) is 4.74 Å². The summed E-state index contributed by atoms with van der Waals surface area (Å²) in [6, 6.07) is 10.8. The highest BCUT2D eigenvalue weighted by molar-refractivity contribution is 5.90. The van der Waals surface area contributed by atoms with Crippen molar-refractivity contribution in [3.8, 4) is 0 Å². The fourth-order valence-corrected chi connectivity index (χ4v) is 3.04. The van der Waals surface area contributed by atoms with Gasteiger partial charge < -0.3 is 10.1 Å². The Morgan fingerprint density at radius 3 is 2.94 bits per heavy atom. The fourth-order valence-electron chi connectivity index (χ4n) is 3.04. The van der Waals surface area contributed by atoms with Gasteiger partial charge in [0.1, 0.15) is 5.60 Å². The summed E-state index contributed by atoms with van der Waals surface area (Å²) in [5.41, 5.74) is 1.02. The van der Waals surface area contributed by atoms with Crippen LogP contribution >= 0.6 is 0 Å². The van der Waals surface area contributed by atoms with Crippen LogP contribution in [0.1, 0.15) is 32.6 Å². The van der Waals surface area contributed by atoms with Crippen LogP contribution in [0.5, 0.6) is 0 Å². The minimum atomic E-state index is -0.0191. The van der Waals surface area contributed by atoms with E-state index in [2.05, 4.69) is 17.2 Å². The molecule has 3 nitrogen and oxygen atoms in total. The first-order valence-corrected chi connectivity index (χ1v) is 6.81. The van der Waals surface area contributed by atoms with Crippen LogP contribution in [-0.2, 0) is 4.74 Å². The summed E-state index contributed by atoms with van der Waals surface area (Å²) in [5, 5.41) is 3.26. The van der Waals surface area contributed by atoms with Gasteiger partial charge in [0.25, 0.3) is 6.02 Å². The van der Waals surface area contributed by atoms with Crippen LogP contribution in [0.4, 0.5) is 5.69 Å². The molecular formula is C15H20N2O. The van der Waals surface area contributed by atoms with E-state index in [1.807, 2.05) is 30.3 Å². The molecule has 1 aliphatic carbocycles. The number of para-hydroxylation sites is 1. The topological polar surface area (TPSA) is 33.6 Å². The van der Waals surface area contributed by atoms with Gasteiger partial charge in [0.05, 0.1) is 6.54 Å². The van der Waals surface area contributed by atoms with Crippen LogP contribution in [0.15, 0.2) is 35.3 Å². The largest absolute Gasteiger partial charge is 0.456 e. The molecule has 0 unspecified atom stereocenters. The van der Waals surface area contributed by atoms with Crippen molar-refractivity contribution >= 4 is 11.7 Å². The predicted molar refractivity (Wildman–Crippen MR) is 73.8 cm³/mol. The molecule has 0 bridgehead atoms. The smallest absolute Gasteiger partial charge is 0.289 e. The SMILES string of the molecule is C[C@H]1CCC[C@@]2(CN=C(Nc3ccccc3)O2)C1. The predicted octanol–water partition coefficient (Wildman–Crippen LogP) is 3.43. The van der Waals surface area contributed by atoms with Gasteiger partial charge >= 0.3 is 0 Å². The van der Waals surface area contributed by atoms with E-state index in [9.17, 15) is 0 Å². The Labute approximate surface area is 108 Å². The molecule has 1 fully saturated rings. The zero-order chi connectivity index (χ0) is 12.4. The second-order valence-electron chi connectivity index (χ2n) is 5.60. The summed E-state index contributed by atoms with van der Waals surface area (Å²) in [5.74, 6) is 0.755. The third-order valence-corrected chi connectivity index (χ3v) is 3.90. The Morgan fingerprint density at radius 2 is 2.17 bits per heavy atom. The van der Waals surface area contributed by atoms with Crippen LogP contribution in [0.3, 0.4) is 0 Å². The minimum Gasteiger partial charge on any atom is -0.456 e. The summed E-state index contributed by atoms with van der Waals surface area (Å²) in [6.07, 6.45) is 4.86. The van der Waals surface area contributed by atoms with Crippen LogP contribution in [0.25, 0.3) is 0 Å². The number of amidine groups is 1. The fraction of sp³-hybridized carbons (Fsp3) is 0.533. The molecule has 0 saturated heterocycles. The van der Waals surface area contributed by atoms with E-state index in [-0.39, 0.29) is 5.60 Å².